The van der Waals surface area contributed by atoms with Gasteiger partial charge >= 0.3 is 6.18 Å². The zero-order chi connectivity index (χ0) is 16.3. The van der Waals surface area contributed by atoms with Gasteiger partial charge in [0.1, 0.15) is 0 Å². The van der Waals surface area contributed by atoms with Gasteiger partial charge in [0, 0.05) is 11.9 Å². The number of nitrogens with zero attached hydrogens (tertiary/aromatic N) is 2. The third-order valence-electron chi connectivity index (χ3n) is 2.80. The fourth-order valence-corrected chi connectivity index (χ4v) is 1.85. The van der Waals surface area contributed by atoms with Crippen LogP contribution in [0.4, 0.5) is 24.7 Å². The van der Waals surface area contributed by atoms with E-state index in [-0.39, 0.29) is 10.8 Å². The molecule has 8 heteroatoms. The summed E-state index contributed by atoms with van der Waals surface area (Å²) in [7, 11) is 0. The van der Waals surface area contributed by atoms with Crippen LogP contribution in [-0.2, 0) is 6.18 Å². The van der Waals surface area contributed by atoms with E-state index in [9.17, 15) is 13.2 Å². The highest BCUT2D eigenvalue weighted by Gasteiger charge is 2.31. The van der Waals surface area contributed by atoms with E-state index >= 15 is 0 Å². The molecule has 0 amide bonds. The van der Waals surface area contributed by atoms with Crippen LogP contribution in [0.1, 0.15) is 18.1 Å². The standard InChI is InChI=1S/C14H12ClF3N4/c1-8(9-3-2-4-11(19)5-9)21-22-13-12(15)6-10(7-20-13)14(16,17)18/h2-7H,19H2,1H3,(H,20,22)/b21-8-. The van der Waals surface area contributed by atoms with Gasteiger partial charge in [0.05, 0.1) is 16.3 Å². The largest absolute Gasteiger partial charge is 0.417 e. The molecule has 0 aliphatic heterocycles. The lowest BCUT2D eigenvalue weighted by molar-refractivity contribution is -0.137. The van der Waals surface area contributed by atoms with Gasteiger partial charge in [-0.1, -0.05) is 23.7 Å². The Morgan fingerprint density at radius 3 is 2.64 bits per heavy atom. The Morgan fingerprint density at radius 1 is 1.32 bits per heavy atom. The first kappa shape index (κ1) is 16.1. The zero-order valence-electron chi connectivity index (χ0n) is 11.4. The van der Waals surface area contributed by atoms with Crippen LogP contribution in [-0.4, -0.2) is 10.7 Å². The molecule has 0 unspecified atom stereocenters. The summed E-state index contributed by atoms with van der Waals surface area (Å²) in [6.07, 6.45) is -3.80. The van der Waals surface area contributed by atoms with Crippen molar-refractivity contribution < 1.29 is 13.2 Å². The highest BCUT2D eigenvalue weighted by atomic mass is 35.5. The minimum absolute atomic E-state index is 0.0397. The minimum Gasteiger partial charge on any atom is -0.399 e. The van der Waals surface area contributed by atoms with E-state index in [2.05, 4.69) is 15.5 Å². The van der Waals surface area contributed by atoms with Crippen molar-refractivity contribution >= 4 is 28.8 Å². The van der Waals surface area contributed by atoms with Crippen LogP contribution < -0.4 is 11.2 Å². The third kappa shape index (κ3) is 3.88. The number of hydrogen-bond donors (Lipinski definition) is 2. The first-order valence-electron chi connectivity index (χ1n) is 6.16. The molecule has 0 aliphatic rings. The number of nitrogens with one attached hydrogen (secondary N) is 1. The summed E-state index contributed by atoms with van der Waals surface area (Å²) in [4.78, 5) is 3.63. The second-order valence-electron chi connectivity index (χ2n) is 4.49. The lowest BCUT2D eigenvalue weighted by Crippen LogP contribution is -2.07. The fraction of sp³-hybridized carbons (Fsp3) is 0.143. The molecule has 0 bridgehead atoms. The fourth-order valence-electron chi connectivity index (χ4n) is 1.64. The van der Waals surface area contributed by atoms with Crippen molar-refractivity contribution in [3.05, 3.63) is 52.7 Å². The number of aromatic nitrogens is 1. The van der Waals surface area contributed by atoms with Crippen LogP contribution in [0, 0.1) is 0 Å². The smallest absolute Gasteiger partial charge is 0.399 e. The summed E-state index contributed by atoms with van der Waals surface area (Å²) in [5, 5.41) is 3.87. The molecule has 3 N–H and O–H groups in total. The topological polar surface area (TPSA) is 63.3 Å². The highest BCUT2D eigenvalue weighted by molar-refractivity contribution is 6.33. The summed E-state index contributed by atoms with van der Waals surface area (Å²) in [6, 6.07) is 7.83. The summed E-state index contributed by atoms with van der Waals surface area (Å²) in [6.45, 7) is 1.72. The van der Waals surface area contributed by atoms with E-state index in [0.717, 1.165) is 11.6 Å². The van der Waals surface area contributed by atoms with E-state index in [1.165, 1.54) is 0 Å². The van der Waals surface area contributed by atoms with Crippen LogP contribution in [0.3, 0.4) is 0 Å². The van der Waals surface area contributed by atoms with Crippen LogP contribution >= 0.6 is 11.6 Å². The molecule has 2 rings (SSSR count). The quantitative estimate of drug-likeness (QED) is 0.505. The van der Waals surface area contributed by atoms with Crippen LogP contribution in [0.15, 0.2) is 41.6 Å². The van der Waals surface area contributed by atoms with E-state index in [4.69, 9.17) is 17.3 Å². The lowest BCUT2D eigenvalue weighted by atomic mass is 10.1. The van der Waals surface area contributed by atoms with Gasteiger partial charge < -0.3 is 5.73 Å². The SMILES string of the molecule is C/C(=N/Nc1ncc(C(F)(F)F)cc1Cl)c1cccc(N)c1. The van der Waals surface area contributed by atoms with Crippen LogP contribution in [0.2, 0.25) is 5.02 Å². The molecule has 1 aromatic carbocycles. The average Bonchev–Trinajstić information content (AvgIpc) is 2.44. The van der Waals surface area contributed by atoms with Gasteiger partial charge in [-0.15, -0.1) is 0 Å². The molecule has 2 aromatic rings. The number of nitrogen functional groups attached to an aromatic ring is 1. The molecular formula is C14H12ClF3N4. The first-order valence-corrected chi connectivity index (χ1v) is 6.54. The number of rotatable bonds is 3. The normalized spacial score (nSPS) is 12.3. The number of anilines is 2. The summed E-state index contributed by atoms with van der Waals surface area (Å²) in [5.74, 6) is 0.0397. The predicted octanol–water partition coefficient (Wildman–Crippen LogP) is 4.17. The maximum absolute atomic E-state index is 12.5. The van der Waals surface area contributed by atoms with Crippen molar-refractivity contribution in [1.29, 1.82) is 0 Å². The van der Waals surface area contributed by atoms with Crippen LogP contribution in [0.5, 0.6) is 0 Å². The number of nitrogens with two attached hydrogens (primary N) is 1. The molecule has 0 radical (unpaired) electrons. The molecule has 0 spiro atoms. The Morgan fingerprint density at radius 2 is 2.05 bits per heavy atom. The number of hydrogen-bond acceptors (Lipinski definition) is 4. The number of pyridine rings is 1. The Balaban J connectivity index is 2.19. The monoisotopic (exact) mass is 328 g/mol. The Kier molecular flexibility index (Phi) is 4.56. The molecule has 4 nitrogen and oxygen atoms in total. The Bertz CT molecular complexity index is 713. The molecular weight excluding hydrogens is 317 g/mol. The first-order chi connectivity index (χ1) is 10.3. The van der Waals surface area contributed by atoms with Gasteiger partial charge in [-0.25, -0.2) is 4.98 Å². The highest BCUT2D eigenvalue weighted by Crippen LogP contribution is 2.32. The zero-order valence-corrected chi connectivity index (χ0v) is 12.2. The van der Waals surface area contributed by atoms with E-state index in [0.29, 0.717) is 17.6 Å². The van der Waals surface area contributed by atoms with Crippen molar-refractivity contribution in [3.63, 3.8) is 0 Å². The van der Waals surface area contributed by atoms with Crippen molar-refractivity contribution in [2.24, 2.45) is 5.10 Å². The molecule has 0 atom stereocenters. The number of alkyl halides is 3. The predicted molar refractivity (Wildman–Crippen MR) is 80.9 cm³/mol. The van der Waals surface area contributed by atoms with Gasteiger partial charge in [-0.3, -0.25) is 5.43 Å². The van der Waals surface area contributed by atoms with Crippen molar-refractivity contribution in [2.75, 3.05) is 11.2 Å². The molecule has 1 aromatic heterocycles. The Hall–Kier alpha value is -2.28. The van der Waals surface area contributed by atoms with Crippen LogP contribution in [0.25, 0.3) is 0 Å². The second-order valence-corrected chi connectivity index (χ2v) is 4.89. The Labute approximate surface area is 129 Å². The maximum Gasteiger partial charge on any atom is 0.417 e. The minimum atomic E-state index is -4.49. The van der Waals surface area contributed by atoms with Gasteiger partial charge in [0.25, 0.3) is 0 Å². The van der Waals surface area contributed by atoms with Gasteiger partial charge in [0.2, 0.25) is 0 Å². The molecule has 0 saturated carbocycles. The van der Waals surface area contributed by atoms with Gasteiger partial charge in [0.15, 0.2) is 5.82 Å². The van der Waals surface area contributed by atoms with Crippen molar-refractivity contribution in [3.8, 4) is 0 Å². The number of halogens is 4. The number of benzene rings is 1. The summed E-state index contributed by atoms with van der Waals surface area (Å²) >= 11 is 5.78. The van der Waals surface area contributed by atoms with E-state index < -0.39 is 11.7 Å². The molecule has 1 heterocycles. The summed E-state index contributed by atoms with van der Waals surface area (Å²) < 4.78 is 37.5. The summed E-state index contributed by atoms with van der Waals surface area (Å²) in [5.41, 5.74) is 9.24. The van der Waals surface area contributed by atoms with Gasteiger partial charge in [-0.05, 0) is 30.7 Å². The van der Waals surface area contributed by atoms with Crippen molar-refractivity contribution in [2.45, 2.75) is 13.1 Å². The van der Waals surface area contributed by atoms with E-state index in [1.54, 1.807) is 31.2 Å². The van der Waals surface area contributed by atoms with Crippen molar-refractivity contribution in [1.82, 2.24) is 4.98 Å². The molecule has 0 aliphatic carbocycles. The third-order valence-corrected chi connectivity index (χ3v) is 3.09. The number of hydrazone groups is 1. The molecule has 0 fully saturated rings. The average molecular weight is 329 g/mol. The molecule has 0 saturated heterocycles. The van der Waals surface area contributed by atoms with Gasteiger partial charge in [-0.2, -0.15) is 18.3 Å². The maximum atomic E-state index is 12.5. The molecule has 116 valence electrons. The lowest BCUT2D eigenvalue weighted by Gasteiger charge is -2.09. The molecule has 22 heavy (non-hydrogen) atoms. The van der Waals surface area contributed by atoms with E-state index in [1.807, 2.05) is 0 Å². The second kappa shape index (κ2) is 6.23.